The minimum absolute atomic E-state index is 0.156. The van der Waals surface area contributed by atoms with E-state index in [9.17, 15) is 19.2 Å². The molecule has 8 nitrogen and oxygen atoms in total. The van der Waals surface area contributed by atoms with E-state index in [-0.39, 0.29) is 17.9 Å². The smallest absolute Gasteiger partial charge is 0.305 e. The molecule has 3 rings (SSSR count). The number of aliphatic imine (C=N–C) groups is 2. The molecule has 2 aromatic carbocycles. The highest BCUT2D eigenvalue weighted by atomic mass is 16.5. The van der Waals surface area contributed by atoms with E-state index in [2.05, 4.69) is 9.98 Å². The Labute approximate surface area is 198 Å². The van der Waals surface area contributed by atoms with Gasteiger partial charge in [0.05, 0.1) is 13.2 Å². The van der Waals surface area contributed by atoms with E-state index in [1.54, 1.807) is 48.5 Å². The van der Waals surface area contributed by atoms with Crippen molar-refractivity contribution in [2.45, 2.75) is 44.7 Å². The fraction of sp³-hybridized carbons (Fsp3) is 0.385. The molecule has 0 bridgehead atoms. The van der Waals surface area contributed by atoms with Crippen LogP contribution in [0.2, 0.25) is 0 Å². The summed E-state index contributed by atoms with van der Waals surface area (Å²) in [6.07, 6.45) is 5.94. The predicted octanol–water partition coefficient (Wildman–Crippen LogP) is 4.23. The largest absolute Gasteiger partial charge is 0.466 e. The molecule has 0 N–H and O–H groups in total. The third-order valence-corrected chi connectivity index (χ3v) is 5.18. The van der Waals surface area contributed by atoms with E-state index >= 15 is 0 Å². The molecule has 0 aliphatic carbocycles. The molecule has 1 unspecified atom stereocenters. The van der Waals surface area contributed by atoms with E-state index < -0.39 is 5.66 Å². The molecule has 1 atom stereocenters. The molecule has 2 aromatic rings. The summed E-state index contributed by atoms with van der Waals surface area (Å²) in [5.41, 5.74) is -0.202. The SMILES string of the molecule is CC1CCOC(=O)CCCCC(=O)OC1.O=C=NC(N=C=O)(c1ccccc1)c1ccccc1. The van der Waals surface area contributed by atoms with Crippen molar-refractivity contribution in [2.24, 2.45) is 15.9 Å². The van der Waals surface area contributed by atoms with Crippen LogP contribution in [0.5, 0.6) is 0 Å². The topological polar surface area (TPSA) is 111 Å². The number of carbonyl (C=O) groups excluding carboxylic acids is 4. The van der Waals surface area contributed by atoms with Gasteiger partial charge in [-0.25, -0.2) is 9.59 Å². The van der Waals surface area contributed by atoms with Gasteiger partial charge in [-0.2, -0.15) is 9.98 Å². The lowest BCUT2D eigenvalue weighted by atomic mass is 9.92. The summed E-state index contributed by atoms with van der Waals surface area (Å²) in [6.45, 7) is 2.83. The predicted molar refractivity (Wildman–Crippen MR) is 124 cm³/mol. The second-order valence-corrected chi connectivity index (χ2v) is 7.81. The summed E-state index contributed by atoms with van der Waals surface area (Å²) in [4.78, 5) is 51.4. The van der Waals surface area contributed by atoms with Gasteiger partial charge in [0.2, 0.25) is 17.8 Å². The summed E-state index contributed by atoms with van der Waals surface area (Å²) in [6, 6.07) is 17.8. The summed E-state index contributed by atoms with van der Waals surface area (Å²) in [5.74, 6) is -0.0619. The molecule has 0 saturated carbocycles. The second-order valence-electron chi connectivity index (χ2n) is 7.81. The molecule has 1 heterocycles. The molecular weight excluding hydrogens is 436 g/mol. The molecule has 0 amide bonds. The Balaban J connectivity index is 0.000000248. The lowest BCUT2D eigenvalue weighted by Gasteiger charge is -2.22. The van der Waals surface area contributed by atoms with Gasteiger partial charge in [-0.3, -0.25) is 9.59 Å². The van der Waals surface area contributed by atoms with Crippen LogP contribution in [0.3, 0.4) is 0 Å². The summed E-state index contributed by atoms with van der Waals surface area (Å²) in [7, 11) is 0. The number of cyclic esters (lactones) is 2. The first kappa shape index (κ1) is 26.4. The number of carbonyl (C=O) groups is 2. The maximum Gasteiger partial charge on any atom is 0.305 e. The Morgan fingerprint density at radius 2 is 1.26 bits per heavy atom. The van der Waals surface area contributed by atoms with Crippen LogP contribution in [-0.4, -0.2) is 37.3 Å². The first-order chi connectivity index (χ1) is 16.5. The third kappa shape index (κ3) is 8.24. The van der Waals surface area contributed by atoms with Crippen molar-refractivity contribution in [2.75, 3.05) is 13.2 Å². The molecular formula is C26H28N2O6. The Morgan fingerprint density at radius 1 is 0.794 bits per heavy atom. The molecule has 178 valence electrons. The Hall–Kier alpha value is -3.86. The minimum Gasteiger partial charge on any atom is -0.466 e. The lowest BCUT2D eigenvalue weighted by Crippen LogP contribution is -2.22. The Morgan fingerprint density at radius 3 is 1.74 bits per heavy atom. The number of hydrogen-bond acceptors (Lipinski definition) is 8. The molecule has 8 heteroatoms. The Bertz CT molecular complexity index is 953. The highest BCUT2D eigenvalue weighted by molar-refractivity contribution is 5.70. The number of isocyanates is 2. The molecule has 0 radical (unpaired) electrons. The number of rotatable bonds is 4. The van der Waals surface area contributed by atoms with Gasteiger partial charge < -0.3 is 9.47 Å². The van der Waals surface area contributed by atoms with E-state index in [1.807, 2.05) is 19.1 Å². The van der Waals surface area contributed by atoms with Crippen molar-refractivity contribution < 1.29 is 28.7 Å². The number of esters is 2. The fourth-order valence-corrected chi connectivity index (χ4v) is 3.30. The summed E-state index contributed by atoms with van der Waals surface area (Å²) in [5, 5.41) is 0. The molecule has 34 heavy (non-hydrogen) atoms. The zero-order valence-electron chi connectivity index (χ0n) is 19.1. The number of nitrogens with zero attached hydrogens (tertiary/aromatic N) is 2. The lowest BCUT2D eigenvalue weighted by molar-refractivity contribution is -0.148. The monoisotopic (exact) mass is 464 g/mol. The van der Waals surface area contributed by atoms with Crippen LogP contribution in [0, 0.1) is 5.92 Å². The first-order valence-electron chi connectivity index (χ1n) is 11.1. The van der Waals surface area contributed by atoms with Crippen LogP contribution in [0.25, 0.3) is 0 Å². The maximum absolute atomic E-state index is 11.2. The van der Waals surface area contributed by atoms with Crippen LogP contribution in [0.4, 0.5) is 0 Å². The maximum atomic E-state index is 11.2. The van der Waals surface area contributed by atoms with Gasteiger partial charge in [-0.05, 0) is 25.2 Å². The molecule has 0 spiro atoms. The molecule has 1 fully saturated rings. The fourth-order valence-electron chi connectivity index (χ4n) is 3.30. The van der Waals surface area contributed by atoms with Gasteiger partial charge in [0, 0.05) is 24.0 Å². The average molecular weight is 465 g/mol. The van der Waals surface area contributed by atoms with Gasteiger partial charge in [-0.1, -0.05) is 67.6 Å². The highest BCUT2D eigenvalue weighted by Crippen LogP contribution is 2.34. The molecule has 1 saturated heterocycles. The minimum atomic E-state index is -1.41. The van der Waals surface area contributed by atoms with E-state index in [1.165, 1.54) is 12.2 Å². The quantitative estimate of drug-likeness (QED) is 0.380. The van der Waals surface area contributed by atoms with Gasteiger partial charge in [0.15, 0.2) is 0 Å². The van der Waals surface area contributed by atoms with Crippen LogP contribution < -0.4 is 0 Å². The van der Waals surface area contributed by atoms with Crippen molar-refractivity contribution >= 4 is 24.1 Å². The van der Waals surface area contributed by atoms with Crippen molar-refractivity contribution in [3.63, 3.8) is 0 Å². The van der Waals surface area contributed by atoms with E-state index in [4.69, 9.17) is 9.47 Å². The summed E-state index contributed by atoms with van der Waals surface area (Å²) < 4.78 is 10.1. The van der Waals surface area contributed by atoms with Gasteiger partial charge in [0.25, 0.3) is 0 Å². The van der Waals surface area contributed by atoms with Crippen LogP contribution in [0.15, 0.2) is 70.6 Å². The van der Waals surface area contributed by atoms with Crippen LogP contribution in [0.1, 0.15) is 50.2 Å². The van der Waals surface area contributed by atoms with E-state index in [0.717, 1.165) is 6.42 Å². The Kier molecular flexibility index (Phi) is 11.1. The normalized spacial score (nSPS) is 17.0. The zero-order valence-corrected chi connectivity index (χ0v) is 19.1. The molecule has 1 aliphatic heterocycles. The highest BCUT2D eigenvalue weighted by Gasteiger charge is 2.34. The van der Waals surface area contributed by atoms with Gasteiger partial charge >= 0.3 is 11.9 Å². The van der Waals surface area contributed by atoms with Gasteiger partial charge in [0.1, 0.15) is 0 Å². The van der Waals surface area contributed by atoms with Crippen molar-refractivity contribution in [1.82, 2.24) is 0 Å². The van der Waals surface area contributed by atoms with Crippen molar-refractivity contribution in [3.8, 4) is 0 Å². The standard InChI is InChI=1S/C15H10N2O2.C11H18O4/c18-11-16-15(17-12-19,13-7-3-1-4-8-13)14-9-5-2-6-10-14;1-9-6-7-14-10(12)4-2-3-5-11(13)15-8-9/h1-10H;9H,2-8H2,1H3. The molecule has 1 aliphatic rings. The van der Waals surface area contributed by atoms with Gasteiger partial charge in [-0.15, -0.1) is 0 Å². The van der Waals surface area contributed by atoms with Crippen LogP contribution >= 0.6 is 0 Å². The third-order valence-electron chi connectivity index (χ3n) is 5.18. The number of benzene rings is 2. The first-order valence-corrected chi connectivity index (χ1v) is 11.1. The van der Waals surface area contributed by atoms with Crippen molar-refractivity contribution in [1.29, 1.82) is 0 Å². The number of hydrogen-bond donors (Lipinski definition) is 0. The number of ether oxygens (including phenoxy) is 2. The summed E-state index contributed by atoms with van der Waals surface area (Å²) >= 11 is 0. The van der Waals surface area contributed by atoms with E-state index in [0.29, 0.717) is 50.0 Å². The zero-order chi connectivity index (χ0) is 24.7. The molecule has 0 aromatic heterocycles. The second kappa shape index (κ2) is 14.3. The average Bonchev–Trinajstić information content (AvgIpc) is 2.86. The van der Waals surface area contributed by atoms with Crippen molar-refractivity contribution in [3.05, 3.63) is 71.8 Å². The van der Waals surface area contributed by atoms with Crippen LogP contribution in [-0.2, 0) is 34.3 Å².